The van der Waals surface area contributed by atoms with Gasteiger partial charge in [-0.05, 0) is 25.0 Å². The average Bonchev–Trinajstić information content (AvgIpc) is 2.67. The summed E-state index contributed by atoms with van der Waals surface area (Å²) in [6.45, 7) is 5.00. The fourth-order valence-electron chi connectivity index (χ4n) is 3.33. The van der Waals surface area contributed by atoms with E-state index in [1.54, 1.807) is 18.5 Å². The number of carbonyl (C=O) groups excluding carboxylic acids is 1. The third-order valence-corrected chi connectivity index (χ3v) is 5.90. The van der Waals surface area contributed by atoms with Gasteiger partial charge >= 0.3 is 0 Å². The van der Waals surface area contributed by atoms with Crippen molar-refractivity contribution in [3.63, 3.8) is 0 Å². The minimum atomic E-state index is -3.45. The first-order valence-electron chi connectivity index (χ1n) is 9.03. The minimum absolute atomic E-state index is 0.0237. The standard InChI is InChI=1S/C19H24N4O3S/c1-13(2)19(24)23-9-6-14(7-10-23)17-16(27(3,25)26)12-21-18(22-17)15-5-4-8-20-11-15/h4-5,8,11-14H,6-7,9-10H2,1-3H3. The Morgan fingerprint density at radius 3 is 2.48 bits per heavy atom. The van der Waals surface area contributed by atoms with Crippen molar-refractivity contribution < 1.29 is 13.2 Å². The van der Waals surface area contributed by atoms with E-state index in [2.05, 4.69) is 15.0 Å². The predicted molar refractivity (Wildman–Crippen MR) is 102 cm³/mol. The van der Waals surface area contributed by atoms with Gasteiger partial charge in [0.1, 0.15) is 4.90 Å². The number of sulfone groups is 1. The Labute approximate surface area is 159 Å². The molecule has 1 fully saturated rings. The highest BCUT2D eigenvalue weighted by molar-refractivity contribution is 7.90. The van der Waals surface area contributed by atoms with E-state index in [9.17, 15) is 13.2 Å². The molecule has 0 radical (unpaired) electrons. The van der Waals surface area contributed by atoms with Crippen molar-refractivity contribution in [2.24, 2.45) is 5.92 Å². The maximum absolute atomic E-state index is 12.2. The summed E-state index contributed by atoms with van der Waals surface area (Å²) in [7, 11) is -3.45. The molecule has 7 nitrogen and oxygen atoms in total. The van der Waals surface area contributed by atoms with Gasteiger partial charge in [-0.15, -0.1) is 0 Å². The summed E-state index contributed by atoms with van der Waals surface area (Å²) in [4.78, 5) is 27.2. The fraction of sp³-hybridized carbons (Fsp3) is 0.474. The van der Waals surface area contributed by atoms with Gasteiger partial charge in [-0.3, -0.25) is 9.78 Å². The predicted octanol–water partition coefficient (Wildman–Crippen LogP) is 2.30. The van der Waals surface area contributed by atoms with Gasteiger partial charge in [0.25, 0.3) is 0 Å². The Morgan fingerprint density at radius 1 is 1.22 bits per heavy atom. The molecule has 1 amide bonds. The van der Waals surface area contributed by atoms with Gasteiger partial charge in [-0.25, -0.2) is 18.4 Å². The van der Waals surface area contributed by atoms with Crippen LogP contribution in [0.25, 0.3) is 11.4 Å². The van der Waals surface area contributed by atoms with E-state index >= 15 is 0 Å². The van der Waals surface area contributed by atoms with Crippen LogP contribution >= 0.6 is 0 Å². The van der Waals surface area contributed by atoms with Gasteiger partial charge in [0.15, 0.2) is 15.7 Å². The van der Waals surface area contributed by atoms with Crippen molar-refractivity contribution in [3.8, 4) is 11.4 Å². The molecule has 2 aromatic rings. The lowest BCUT2D eigenvalue weighted by Gasteiger charge is -2.33. The Morgan fingerprint density at radius 2 is 1.93 bits per heavy atom. The zero-order chi connectivity index (χ0) is 19.6. The summed E-state index contributed by atoms with van der Waals surface area (Å²) in [5.74, 6) is 0.537. The lowest BCUT2D eigenvalue weighted by atomic mass is 9.92. The smallest absolute Gasteiger partial charge is 0.225 e. The van der Waals surface area contributed by atoms with E-state index in [-0.39, 0.29) is 22.6 Å². The number of pyridine rings is 1. The van der Waals surface area contributed by atoms with E-state index in [0.717, 1.165) is 5.56 Å². The summed E-state index contributed by atoms with van der Waals surface area (Å²) >= 11 is 0. The van der Waals surface area contributed by atoms with E-state index in [1.807, 2.05) is 24.8 Å². The number of aromatic nitrogens is 3. The molecule has 0 bridgehead atoms. The quantitative estimate of drug-likeness (QED) is 0.798. The van der Waals surface area contributed by atoms with Gasteiger partial charge < -0.3 is 4.90 Å². The molecule has 0 aromatic carbocycles. The molecule has 0 saturated carbocycles. The molecule has 0 aliphatic carbocycles. The van der Waals surface area contributed by atoms with Gasteiger partial charge in [0.2, 0.25) is 5.91 Å². The molecular formula is C19H24N4O3S. The molecule has 2 aromatic heterocycles. The maximum atomic E-state index is 12.2. The van der Waals surface area contributed by atoms with E-state index in [1.165, 1.54) is 12.5 Å². The molecule has 0 spiro atoms. The lowest BCUT2D eigenvalue weighted by Crippen LogP contribution is -2.40. The van der Waals surface area contributed by atoms with Crippen LogP contribution in [0, 0.1) is 5.92 Å². The second-order valence-electron chi connectivity index (χ2n) is 7.21. The van der Waals surface area contributed by atoms with Crippen LogP contribution in [0.4, 0.5) is 0 Å². The largest absolute Gasteiger partial charge is 0.342 e. The Hall–Kier alpha value is -2.35. The van der Waals surface area contributed by atoms with Crippen molar-refractivity contribution in [1.82, 2.24) is 19.9 Å². The number of likely N-dealkylation sites (tertiary alicyclic amines) is 1. The van der Waals surface area contributed by atoms with Gasteiger partial charge in [-0.2, -0.15) is 0 Å². The molecule has 1 aliphatic heterocycles. The third kappa shape index (κ3) is 4.32. The highest BCUT2D eigenvalue weighted by Crippen LogP contribution is 2.32. The molecule has 3 heterocycles. The summed E-state index contributed by atoms with van der Waals surface area (Å²) in [5.41, 5.74) is 1.29. The molecule has 144 valence electrons. The average molecular weight is 388 g/mol. The van der Waals surface area contributed by atoms with E-state index in [4.69, 9.17) is 0 Å². The maximum Gasteiger partial charge on any atom is 0.225 e. The van der Waals surface area contributed by atoms with Crippen LogP contribution in [-0.2, 0) is 14.6 Å². The van der Waals surface area contributed by atoms with Gasteiger partial charge in [-0.1, -0.05) is 13.8 Å². The molecule has 1 aliphatic rings. The fourth-order valence-corrected chi connectivity index (χ4v) is 4.17. The number of rotatable bonds is 4. The normalized spacial score (nSPS) is 15.9. The first-order valence-corrected chi connectivity index (χ1v) is 10.9. The van der Waals surface area contributed by atoms with Crippen LogP contribution in [0.2, 0.25) is 0 Å². The van der Waals surface area contributed by atoms with Crippen molar-refractivity contribution in [2.75, 3.05) is 19.3 Å². The van der Waals surface area contributed by atoms with Crippen LogP contribution < -0.4 is 0 Å². The molecule has 1 saturated heterocycles. The van der Waals surface area contributed by atoms with Crippen LogP contribution in [0.3, 0.4) is 0 Å². The highest BCUT2D eigenvalue weighted by atomic mass is 32.2. The van der Waals surface area contributed by atoms with Crippen LogP contribution in [0.1, 0.15) is 38.3 Å². The molecular weight excluding hydrogens is 364 g/mol. The molecule has 0 unspecified atom stereocenters. The van der Waals surface area contributed by atoms with Gasteiger partial charge in [0.05, 0.1) is 5.69 Å². The third-order valence-electron chi connectivity index (χ3n) is 4.79. The number of piperidine rings is 1. The second kappa shape index (κ2) is 7.72. The Bertz CT molecular complexity index is 921. The first-order chi connectivity index (χ1) is 12.8. The van der Waals surface area contributed by atoms with Crippen molar-refractivity contribution in [3.05, 3.63) is 36.4 Å². The highest BCUT2D eigenvalue weighted by Gasteiger charge is 2.30. The SMILES string of the molecule is CC(C)C(=O)N1CCC(c2nc(-c3cccnc3)ncc2S(C)(=O)=O)CC1. The van der Waals surface area contributed by atoms with Crippen LogP contribution in [0.15, 0.2) is 35.6 Å². The first kappa shape index (κ1) is 19.4. The van der Waals surface area contributed by atoms with Crippen molar-refractivity contribution >= 4 is 15.7 Å². The summed E-state index contributed by atoms with van der Waals surface area (Å²) in [5, 5.41) is 0. The molecule has 3 rings (SSSR count). The zero-order valence-electron chi connectivity index (χ0n) is 15.8. The molecule has 0 N–H and O–H groups in total. The number of hydrogen-bond donors (Lipinski definition) is 0. The van der Waals surface area contributed by atoms with Crippen molar-refractivity contribution in [2.45, 2.75) is 37.5 Å². The monoisotopic (exact) mass is 388 g/mol. The van der Waals surface area contributed by atoms with Crippen LogP contribution in [-0.4, -0.2) is 53.5 Å². The number of hydrogen-bond acceptors (Lipinski definition) is 6. The number of amides is 1. The summed E-state index contributed by atoms with van der Waals surface area (Å²) < 4.78 is 24.5. The molecule has 8 heteroatoms. The molecule has 0 atom stereocenters. The van der Waals surface area contributed by atoms with E-state index in [0.29, 0.717) is 37.4 Å². The summed E-state index contributed by atoms with van der Waals surface area (Å²) in [6, 6.07) is 3.63. The summed E-state index contributed by atoms with van der Waals surface area (Å²) in [6.07, 6.45) is 7.26. The Kier molecular flexibility index (Phi) is 5.55. The number of nitrogens with zero attached hydrogens (tertiary/aromatic N) is 4. The van der Waals surface area contributed by atoms with Crippen molar-refractivity contribution in [1.29, 1.82) is 0 Å². The number of carbonyl (C=O) groups is 1. The zero-order valence-corrected chi connectivity index (χ0v) is 16.6. The molecule has 27 heavy (non-hydrogen) atoms. The minimum Gasteiger partial charge on any atom is -0.342 e. The lowest BCUT2D eigenvalue weighted by molar-refractivity contribution is -0.135. The topological polar surface area (TPSA) is 93.1 Å². The van der Waals surface area contributed by atoms with Gasteiger partial charge in [0, 0.05) is 55.3 Å². The Balaban J connectivity index is 1.92. The van der Waals surface area contributed by atoms with Crippen LogP contribution in [0.5, 0.6) is 0 Å². The second-order valence-corrected chi connectivity index (χ2v) is 9.20. The van der Waals surface area contributed by atoms with E-state index < -0.39 is 9.84 Å².